The Labute approximate surface area is 403 Å². The van der Waals surface area contributed by atoms with Crippen LogP contribution in [0.4, 0.5) is 0 Å². The summed E-state index contributed by atoms with van der Waals surface area (Å²) < 4.78 is 61.2. The zero-order chi connectivity index (χ0) is 50.1. The standard InChI is InChI=1S/C47H70O23/c1-16-11-64-47(39(58)29(16)52)17(2)27-22-7-8-23-21(28(22)32(55)36(27)70-47)6-5-19-9-20(49)10-26(45(19,23)4)66-43-38(35(25(51)13-62-43)67-41-33(56)31(54)24(50)12-61-41)69-42-34(57)37(30(53)18(3)65-42)68-44-40(59)46(60,14-48)15-63-44/h5,16-18,20-21,23-27,29-31,33-44,48-54,56-60H,6-15H2,1-4H3/t16-,17-,18?,20+,21?,23?,24?,25?,26+,27?,29?,30?,31?,33?,34?,35?,36?,37?,38?,39?,40?,41?,42?,43?,44?,45-,46?,47?/m0/s1. The van der Waals surface area contributed by atoms with Crippen molar-refractivity contribution in [3.8, 4) is 0 Å². The van der Waals surface area contributed by atoms with Crippen LogP contribution in [0.1, 0.15) is 59.8 Å². The molecule has 6 saturated heterocycles. The molecule has 0 amide bonds. The summed E-state index contributed by atoms with van der Waals surface area (Å²) in [5.41, 5.74) is -0.418. The van der Waals surface area contributed by atoms with E-state index >= 15 is 0 Å². The third-order valence-electron chi connectivity index (χ3n) is 17.6. The molecule has 1 saturated carbocycles. The molecule has 23 unspecified atom stereocenters. The molecule has 23 heteroatoms. The first-order valence-electron chi connectivity index (χ1n) is 24.7. The van der Waals surface area contributed by atoms with Gasteiger partial charge in [-0.3, -0.25) is 4.79 Å². The number of aliphatic hydroxyl groups is 12. The molecular formula is C47H70O23. The summed E-state index contributed by atoms with van der Waals surface area (Å²) in [7, 11) is 0. The van der Waals surface area contributed by atoms with Crippen molar-refractivity contribution in [1.82, 2.24) is 0 Å². The van der Waals surface area contributed by atoms with Gasteiger partial charge in [0.25, 0.3) is 0 Å². The molecule has 6 aliphatic heterocycles. The Morgan fingerprint density at radius 1 is 0.743 bits per heavy atom. The van der Waals surface area contributed by atoms with Gasteiger partial charge < -0.3 is 109 Å². The zero-order valence-electron chi connectivity index (χ0n) is 39.4. The SMILES string of the molecule is CC1OC(OC2C(O[C@@H]3C[C@H](O)CC4=CCC5C6=C(CCC5[C@]43C)C3C(OC4(OC[C@H](C)C(O)C4O)[C@H]3C)C6=O)OCC(O)C2OC2OCC(O)C(O)C2O)C(O)C(OC2OCC(O)(CO)C2O)C1O. The monoisotopic (exact) mass is 1000 g/mol. The number of fused-ring (bicyclic) bond motifs is 6. The minimum atomic E-state index is -2.10. The van der Waals surface area contributed by atoms with Crippen molar-refractivity contribution in [1.29, 1.82) is 0 Å². The highest BCUT2D eigenvalue weighted by molar-refractivity contribution is 6.04. The Balaban J connectivity index is 0.943. The van der Waals surface area contributed by atoms with E-state index in [2.05, 4.69) is 0 Å². The van der Waals surface area contributed by atoms with Crippen LogP contribution in [0.25, 0.3) is 0 Å². The molecule has 7 fully saturated rings. The van der Waals surface area contributed by atoms with Crippen LogP contribution in [-0.2, 0) is 52.2 Å². The van der Waals surface area contributed by atoms with Gasteiger partial charge in [-0.2, -0.15) is 0 Å². The smallest absolute Gasteiger partial charge is 0.201 e. The van der Waals surface area contributed by atoms with Gasteiger partial charge in [0.05, 0.1) is 57.5 Å². The second-order valence-electron chi connectivity index (χ2n) is 21.7. The van der Waals surface area contributed by atoms with Crippen molar-refractivity contribution < 1.29 is 113 Å². The van der Waals surface area contributed by atoms with Gasteiger partial charge >= 0.3 is 0 Å². The van der Waals surface area contributed by atoms with Crippen LogP contribution < -0.4 is 0 Å². The molecule has 0 aromatic heterocycles. The van der Waals surface area contributed by atoms with E-state index in [0.29, 0.717) is 31.3 Å². The molecule has 0 radical (unpaired) electrons. The topological polar surface area (TPSA) is 352 Å². The van der Waals surface area contributed by atoms with E-state index in [1.165, 1.54) is 6.92 Å². The van der Waals surface area contributed by atoms with Crippen LogP contribution in [0.2, 0.25) is 0 Å². The van der Waals surface area contributed by atoms with Crippen molar-refractivity contribution in [3.05, 3.63) is 22.8 Å². The van der Waals surface area contributed by atoms with E-state index in [4.69, 9.17) is 47.4 Å². The van der Waals surface area contributed by atoms with Crippen LogP contribution in [0.15, 0.2) is 22.8 Å². The average Bonchev–Trinajstić information content (AvgIpc) is 3.91. The molecule has 0 aromatic carbocycles. The van der Waals surface area contributed by atoms with Gasteiger partial charge in [0.2, 0.25) is 5.79 Å². The fourth-order valence-electron chi connectivity index (χ4n) is 13.4. The van der Waals surface area contributed by atoms with Gasteiger partial charge in [-0.05, 0) is 44.4 Å². The lowest BCUT2D eigenvalue weighted by Crippen LogP contribution is -2.65. The second-order valence-corrected chi connectivity index (χ2v) is 21.7. The van der Waals surface area contributed by atoms with Gasteiger partial charge in [-0.15, -0.1) is 0 Å². The van der Waals surface area contributed by atoms with Crippen molar-refractivity contribution >= 4 is 5.78 Å². The van der Waals surface area contributed by atoms with Crippen LogP contribution in [0, 0.1) is 35.0 Å². The van der Waals surface area contributed by atoms with E-state index in [1.54, 1.807) is 6.92 Å². The summed E-state index contributed by atoms with van der Waals surface area (Å²) in [4.78, 5) is 14.7. The number of ether oxygens (including phenoxy) is 10. The van der Waals surface area contributed by atoms with Gasteiger partial charge in [0, 0.05) is 35.2 Å². The average molecular weight is 1000 g/mol. The Bertz CT molecular complexity index is 2010. The zero-order valence-corrected chi connectivity index (χ0v) is 39.4. The number of carbonyl (C=O) groups excluding carboxylic acids is 1. The fraction of sp³-hybridized carbons (Fsp3) is 0.894. The van der Waals surface area contributed by atoms with Crippen LogP contribution in [0.5, 0.6) is 0 Å². The minimum absolute atomic E-state index is 0.0849. The van der Waals surface area contributed by atoms with Crippen molar-refractivity contribution in [2.24, 2.45) is 35.0 Å². The maximum Gasteiger partial charge on any atom is 0.201 e. The molecule has 0 aromatic rings. The number of rotatable bonds is 9. The molecule has 10 rings (SSSR count). The molecule has 12 N–H and O–H groups in total. The number of ketones is 1. The predicted octanol–water partition coefficient (Wildman–Crippen LogP) is -4.28. The summed E-state index contributed by atoms with van der Waals surface area (Å²) in [6, 6.07) is 0. The first kappa shape index (κ1) is 51.7. The Morgan fingerprint density at radius 3 is 2.17 bits per heavy atom. The molecule has 1 spiro atoms. The van der Waals surface area contributed by atoms with E-state index in [0.717, 1.165) is 11.1 Å². The van der Waals surface area contributed by atoms with Gasteiger partial charge in [0.1, 0.15) is 78.8 Å². The summed E-state index contributed by atoms with van der Waals surface area (Å²) >= 11 is 0. The van der Waals surface area contributed by atoms with Crippen LogP contribution >= 0.6 is 0 Å². The maximum atomic E-state index is 14.7. The predicted molar refractivity (Wildman–Crippen MR) is 229 cm³/mol. The molecular weight excluding hydrogens is 932 g/mol. The minimum Gasteiger partial charge on any atom is -0.393 e. The number of carbonyl (C=O) groups is 1. The summed E-state index contributed by atoms with van der Waals surface area (Å²) in [5, 5.41) is 131. The second kappa shape index (κ2) is 19.1. The number of allylic oxidation sites excluding steroid dienone is 1. The Hall–Kier alpha value is -1.73. The molecule has 23 nitrogen and oxygen atoms in total. The normalized spacial score (nSPS) is 55.8. The van der Waals surface area contributed by atoms with E-state index < -0.39 is 172 Å². The van der Waals surface area contributed by atoms with Crippen molar-refractivity contribution in [3.63, 3.8) is 0 Å². The van der Waals surface area contributed by atoms with Gasteiger partial charge in [-0.1, -0.05) is 38.0 Å². The summed E-state index contributed by atoms with van der Waals surface area (Å²) in [6.07, 6.45) is -25.2. The molecule has 70 heavy (non-hydrogen) atoms. The molecule has 28 atom stereocenters. The number of aliphatic hydroxyl groups excluding tert-OH is 11. The van der Waals surface area contributed by atoms with E-state index in [-0.39, 0.29) is 42.5 Å². The summed E-state index contributed by atoms with van der Waals surface area (Å²) in [6.45, 7) is 4.99. The lowest BCUT2D eigenvalue weighted by Gasteiger charge is -2.57. The number of hydrogen-bond acceptors (Lipinski definition) is 23. The Morgan fingerprint density at radius 2 is 1.44 bits per heavy atom. The van der Waals surface area contributed by atoms with Crippen molar-refractivity contribution in [2.45, 2.75) is 194 Å². The fourth-order valence-corrected chi connectivity index (χ4v) is 13.4. The molecule has 6 heterocycles. The molecule has 0 bridgehead atoms. The first-order valence-corrected chi connectivity index (χ1v) is 24.7. The molecule has 10 aliphatic rings. The first-order chi connectivity index (χ1) is 33.1. The number of Topliss-reactive ketones (excluding diaryl/α,β-unsaturated/α-hetero) is 1. The van der Waals surface area contributed by atoms with E-state index in [9.17, 15) is 66.1 Å². The van der Waals surface area contributed by atoms with Crippen LogP contribution in [0.3, 0.4) is 0 Å². The van der Waals surface area contributed by atoms with Crippen molar-refractivity contribution in [2.75, 3.05) is 33.0 Å². The third-order valence-corrected chi connectivity index (χ3v) is 17.6. The van der Waals surface area contributed by atoms with Gasteiger partial charge in [-0.25, -0.2) is 0 Å². The Kier molecular flexibility index (Phi) is 14.1. The highest BCUT2D eigenvalue weighted by Gasteiger charge is 2.68. The lowest BCUT2D eigenvalue weighted by atomic mass is 9.51. The van der Waals surface area contributed by atoms with E-state index in [1.807, 2.05) is 19.9 Å². The highest BCUT2D eigenvalue weighted by atomic mass is 16.8. The third kappa shape index (κ3) is 8.14. The van der Waals surface area contributed by atoms with Crippen LogP contribution in [-0.4, -0.2) is 234 Å². The maximum absolute atomic E-state index is 14.7. The lowest BCUT2D eigenvalue weighted by molar-refractivity contribution is -0.387. The molecule has 396 valence electrons. The van der Waals surface area contributed by atoms with Gasteiger partial charge in [0.15, 0.2) is 30.9 Å². The summed E-state index contributed by atoms with van der Waals surface area (Å²) in [5.74, 6) is -3.41. The quantitative estimate of drug-likeness (QED) is 0.0973. The molecule has 4 aliphatic carbocycles. The largest absolute Gasteiger partial charge is 0.393 e. The highest BCUT2D eigenvalue weighted by Crippen LogP contribution is 2.64. The number of hydrogen-bond donors (Lipinski definition) is 12.